The van der Waals surface area contributed by atoms with Gasteiger partial charge < -0.3 is 10.2 Å². The summed E-state index contributed by atoms with van der Waals surface area (Å²) in [5.74, 6) is 1.03. The average Bonchev–Trinajstić information content (AvgIpc) is 2.65. The van der Waals surface area contributed by atoms with E-state index in [1.165, 1.54) is 0 Å². The third-order valence-electron chi connectivity index (χ3n) is 4.98. The van der Waals surface area contributed by atoms with Crippen molar-refractivity contribution < 1.29 is 0 Å². The predicted molar refractivity (Wildman–Crippen MR) is 105 cm³/mol. The van der Waals surface area contributed by atoms with E-state index in [1.54, 1.807) is 0 Å². The number of nitrogens with one attached hydrogen (secondary N) is 1. The van der Waals surface area contributed by atoms with Crippen LogP contribution in [0.2, 0.25) is 0 Å². The second kappa shape index (κ2) is 6.86. The molecule has 0 aliphatic carbocycles. The van der Waals surface area contributed by atoms with E-state index in [9.17, 15) is 0 Å². The van der Waals surface area contributed by atoms with Gasteiger partial charge in [-0.15, -0.1) is 0 Å². The lowest BCUT2D eigenvalue weighted by molar-refractivity contribution is 0.158. The molecule has 4 rings (SSSR count). The lowest BCUT2D eigenvalue weighted by Crippen LogP contribution is -2.44. The summed E-state index contributed by atoms with van der Waals surface area (Å²) in [6.07, 6.45) is 0. The minimum atomic E-state index is 0.758. The third-order valence-corrected chi connectivity index (χ3v) is 4.98. The summed E-state index contributed by atoms with van der Waals surface area (Å²) in [4.78, 5) is 12.0. The number of nitrogens with zero attached hydrogens (tertiary/aromatic N) is 4. The van der Waals surface area contributed by atoms with Crippen molar-refractivity contribution in [1.82, 2.24) is 9.80 Å². The van der Waals surface area contributed by atoms with Gasteiger partial charge in [-0.05, 0) is 38.2 Å². The Balaban J connectivity index is 1.61. The van der Waals surface area contributed by atoms with Crippen LogP contribution in [0, 0.1) is 0 Å². The maximum Gasteiger partial charge on any atom is 0.106 e. The van der Waals surface area contributed by atoms with E-state index in [-0.39, 0.29) is 0 Å². The Labute approximate surface area is 149 Å². The molecule has 0 aromatic heterocycles. The number of amidine groups is 1. The first-order valence-corrected chi connectivity index (χ1v) is 8.89. The zero-order valence-corrected chi connectivity index (χ0v) is 14.9. The van der Waals surface area contributed by atoms with Crippen LogP contribution in [0.5, 0.6) is 0 Å². The van der Waals surface area contributed by atoms with Gasteiger partial charge in [0, 0.05) is 26.2 Å². The molecule has 0 unspecified atom stereocenters. The fourth-order valence-corrected chi connectivity index (χ4v) is 3.43. The fraction of sp³-hybridized carbons (Fsp3) is 0.350. The van der Waals surface area contributed by atoms with Gasteiger partial charge in [-0.25, -0.2) is 0 Å². The van der Waals surface area contributed by atoms with Crippen LogP contribution in [0.1, 0.15) is 6.92 Å². The van der Waals surface area contributed by atoms with Crippen LogP contribution in [0.15, 0.2) is 53.5 Å². The molecule has 1 N–H and O–H groups in total. The zero-order valence-electron chi connectivity index (χ0n) is 14.9. The minimum Gasteiger partial charge on any atom is -0.352 e. The van der Waals surface area contributed by atoms with Crippen LogP contribution in [0.25, 0.3) is 0 Å². The van der Waals surface area contributed by atoms with Crippen LogP contribution >= 0.6 is 0 Å². The first-order chi connectivity index (χ1) is 12.2. The molecule has 5 heteroatoms. The summed E-state index contributed by atoms with van der Waals surface area (Å²) in [5.41, 5.74) is 4.55. The van der Waals surface area contributed by atoms with Crippen molar-refractivity contribution in [1.29, 1.82) is 0 Å². The molecule has 1 saturated heterocycles. The molecule has 0 atom stereocenters. The first kappa shape index (κ1) is 16.1. The quantitative estimate of drug-likeness (QED) is 0.673. The highest BCUT2D eigenvalue weighted by atomic mass is 15.3. The summed E-state index contributed by atoms with van der Waals surface area (Å²) in [5, 5.41) is 3.52. The molecular formula is C20H25N5. The smallest absolute Gasteiger partial charge is 0.106 e. The Morgan fingerprint density at radius 2 is 1.48 bits per heavy atom. The molecule has 25 heavy (non-hydrogen) atoms. The molecule has 2 aliphatic rings. The number of aliphatic imine (C=N–C) groups is 1. The molecule has 5 nitrogen and oxygen atoms in total. The van der Waals surface area contributed by atoms with Crippen molar-refractivity contribution in [2.45, 2.75) is 6.92 Å². The summed E-state index contributed by atoms with van der Waals surface area (Å²) in [7, 11) is 2.18. The van der Waals surface area contributed by atoms with Crippen LogP contribution in [-0.2, 0) is 0 Å². The SMILES string of the molecule is C/C(=N\CN1CCN(C)CC1)N1c2ccccc2Nc2ccccc21. The molecule has 0 amide bonds. The predicted octanol–water partition coefficient (Wildman–Crippen LogP) is 3.51. The zero-order chi connectivity index (χ0) is 17.2. The monoisotopic (exact) mass is 335 g/mol. The lowest BCUT2D eigenvalue weighted by atomic mass is 10.1. The molecule has 2 aromatic carbocycles. The van der Waals surface area contributed by atoms with Crippen molar-refractivity contribution in [3.8, 4) is 0 Å². The Bertz CT molecular complexity index is 732. The van der Waals surface area contributed by atoms with Crippen LogP contribution in [0.4, 0.5) is 22.7 Å². The molecule has 0 saturated carbocycles. The van der Waals surface area contributed by atoms with E-state index >= 15 is 0 Å². The van der Waals surface area contributed by atoms with Gasteiger partial charge in [0.1, 0.15) is 5.84 Å². The van der Waals surface area contributed by atoms with Gasteiger partial charge in [-0.2, -0.15) is 0 Å². The molecule has 2 heterocycles. The summed E-state index contributed by atoms with van der Waals surface area (Å²) < 4.78 is 0. The summed E-state index contributed by atoms with van der Waals surface area (Å²) >= 11 is 0. The van der Waals surface area contributed by atoms with Gasteiger partial charge in [-0.3, -0.25) is 14.8 Å². The van der Waals surface area contributed by atoms with Crippen molar-refractivity contribution in [3.05, 3.63) is 48.5 Å². The molecule has 0 spiro atoms. The highest BCUT2D eigenvalue weighted by molar-refractivity contribution is 6.10. The fourth-order valence-electron chi connectivity index (χ4n) is 3.43. The van der Waals surface area contributed by atoms with Crippen LogP contribution in [-0.4, -0.2) is 55.5 Å². The molecule has 130 valence electrons. The lowest BCUT2D eigenvalue weighted by Gasteiger charge is -2.34. The number of likely N-dealkylation sites (N-methyl/N-ethyl adjacent to an activating group) is 1. The van der Waals surface area contributed by atoms with E-state index in [2.05, 4.69) is 82.5 Å². The molecule has 2 aliphatic heterocycles. The van der Waals surface area contributed by atoms with E-state index in [1.807, 2.05) is 0 Å². The van der Waals surface area contributed by atoms with Crippen molar-refractivity contribution in [2.24, 2.45) is 4.99 Å². The number of fused-ring (bicyclic) bond motifs is 2. The van der Waals surface area contributed by atoms with Gasteiger partial charge >= 0.3 is 0 Å². The van der Waals surface area contributed by atoms with Gasteiger partial charge in [0.25, 0.3) is 0 Å². The number of hydrogen-bond acceptors (Lipinski definition) is 4. The Morgan fingerprint density at radius 3 is 2.08 bits per heavy atom. The highest BCUT2D eigenvalue weighted by Gasteiger charge is 2.24. The average molecular weight is 335 g/mol. The Hall–Kier alpha value is -2.37. The Morgan fingerprint density at radius 1 is 0.920 bits per heavy atom. The van der Waals surface area contributed by atoms with Gasteiger partial charge in [-0.1, -0.05) is 24.3 Å². The van der Waals surface area contributed by atoms with E-state index in [0.29, 0.717) is 0 Å². The maximum absolute atomic E-state index is 4.92. The summed E-state index contributed by atoms with van der Waals surface area (Å²) in [6, 6.07) is 16.8. The second-order valence-corrected chi connectivity index (χ2v) is 6.76. The normalized spacial score (nSPS) is 18.5. The minimum absolute atomic E-state index is 0.758. The number of anilines is 4. The molecule has 2 aromatic rings. The molecular weight excluding hydrogens is 310 g/mol. The van der Waals surface area contributed by atoms with Gasteiger partial charge in [0.05, 0.1) is 29.4 Å². The number of rotatable bonds is 2. The molecule has 0 radical (unpaired) electrons. The molecule has 0 bridgehead atoms. The number of piperazine rings is 1. The van der Waals surface area contributed by atoms with Crippen molar-refractivity contribution in [2.75, 3.05) is 50.1 Å². The maximum atomic E-state index is 4.92. The highest BCUT2D eigenvalue weighted by Crippen LogP contribution is 2.43. The van der Waals surface area contributed by atoms with Crippen molar-refractivity contribution >= 4 is 28.6 Å². The Kier molecular flexibility index (Phi) is 4.42. The summed E-state index contributed by atoms with van der Waals surface area (Å²) in [6.45, 7) is 7.27. The number of hydrogen-bond donors (Lipinski definition) is 1. The first-order valence-electron chi connectivity index (χ1n) is 8.89. The van der Waals surface area contributed by atoms with E-state index in [0.717, 1.165) is 61.4 Å². The van der Waals surface area contributed by atoms with Gasteiger partial charge in [0.2, 0.25) is 0 Å². The van der Waals surface area contributed by atoms with Gasteiger partial charge in [0.15, 0.2) is 0 Å². The number of benzene rings is 2. The standard InChI is InChI=1S/C20H25N5/c1-16(21-15-24-13-11-23(2)12-14-24)25-19-9-5-3-7-17(19)22-18-8-4-6-10-20(18)25/h3-10,22H,11-15H2,1-2H3/b21-16+. The van der Waals surface area contributed by atoms with E-state index < -0.39 is 0 Å². The topological polar surface area (TPSA) is 34.1 Å². The van der Waals surface area contributed by atoms with Crippen LogP contribution < -0.4 is 10.2 Å². The van der Waals surface area contributed by atoms with E-state index in [4.69, 9.17) is 4.99 Å². The van der Waals surface area contributed by atoms with Crippen molar-refractivity contribution in [3.63, 3.8) is 0 Å². The third kappa shape index (κ3) is 3.25. The van der Waals surface area contributed by atoms with Crippen LogP contribution in [0.3, 0.4) is 0 Å². The second-order valence-electron chi connectivity index (χ2n) is 6.76. The molecule has 1 fully saturated rings. The number of para-hydroxylation sites is 4. The largest absolute Gasteiger partial charge is 0.352 e.